The maximum Gasteiger partial charge on any atom is 0.264 e. The van der Waals surface area contributed by atoms with Gasteiger partial charge in [0.2, 0.25) is 10.0 Å². The zero-order chi connectivity index (χ0) is 17.7. The van der Waals surface area contributed by atoms with Crippen molar-refractivity contribution in [3.63, 3.8) is 0 Å². The summed E-state index contributed by atoms with van der Waals surface area (Å²) in [6, 6.07) is 8.40. The van der Waals surface area contributed by atoms with Crippen LogP contribution in [0.2, 0.25) is 0 Å². The Morgan fingerprint density at radius 2 is 1.79 bits per heavy atom. The summed E-state index contributed by atoms with van der Waals surface area (Å²) in [5.41, 5.74) is 0.938. The van der Waals surface area contributed by atoms with E-state index >= 15 is 0 Å². The fourth-order valence-electron chi connectivity index (χ4n) is 2.86. The van der Waals surface area contributed by atoms with Crippen LogP contribution < -0.4 is 9.44 Å². The lowest BCUT2D eigenvalue weighted by atomic mass is 10.1. The van der Waals surface area contributed by atoms with Gasteiger partial charge in [0.25, 0.3) is 10.0 Å². The second kappa shape index (κ2) is 5.54. The molecule has 0 aliphatic carbocycles. The van der Waals surface area contributed by atoms with E-state index in [0.717, 1.165) is 6.07 Å². The van der Waals surface area contributed by atoms with Crippen LogP contribution in [0, 0.1) is 5.82 Å². The van der Waals surface area contributed by atoms with Crippen molar-refractivity contribution in [3.05, 3.63) is 53.8 Å². The van der Waals surface area contributed by atoms with Gasteiger partial charge in [0, 0.05) is 6.04 Å². The Labute approximate surface area is 139 Å². The number of halogens is 1. The van der Waals surface area contributed by atoms with Gasteiger partial charge < -0.3 is 0 Å². The molecular weight excluding hydrogens is 355 g/mol. The summed E-state index contributed by atoms with van der Waals surface area (Å²) in [5, 5.41) is 5.11. The van der Waals surface area contributed by atoms with Crippen LogP contribution in [0.4, 0.5) is 10.1 Å². The van der Waals surface area contributed by atoms with Gasteiger partial charge in [-0.15, -0.1) is 0 Å². The molecule has 0 radical (unpaired) electrons. The summed E-state index contributed by atoms with van der Waals surface area (Å²) in [5.74, 6) is -0.646. The highest BCUT2D eigenvalue weighted by Crippen LogP contribution is 2.37. The third-order valence-electron chi connectivity index (χ3n) is 3.89. The van der Waals surface area contributed by atoms with E-state index in [1.807, 2.05) is 0 Å². The van der Waals surface area contributed by atoms with Crippen molar-refractivity contribution in [1.82, 2.24) is 0 Å². The molecule has 9 heteroatoms. The zero-order valence-electron chi connectivity index (χ0n) is 12.7. The highest BCUT2D eigenvalue weighted by Gasteiger charge is 2.36. The fraction of sp³-hybridized carbons (Fsp3) is 0.200. The summed E-state index contributed by atoms with van der Waals surface area (Å²) in [7, 11) is -7.83. The highest BCUT2D eigenvalue weighted by atomic mass is 32.2. The SMILES string of the molecule is CC1Cc2cc(S(N)(=O)=O)ccc2N1S(=O)(=O)c1cccc(F)c1. The molecule has 2 N–H and O–H groups in total. The Kier molecular flexibility index (Phi) is 3.89. The van der Waals surface area contributed by atoms with Gasteiger partial charge in [-0.1, -0.05) is 6.07 Å². The number of anilines is 1. The second-order valence-electron chi connectivity index (χ2n) is 5.65. The Hall–Kier alpha value is -1.97. The molecule has 0 fully saturated rings. The summed E-state index contributed by atoms with van der Waals surface area (Å²) >= 11 is 0. The number of rotatable bonds is 3. The molecule has 0 aromatic heterocycles. The molecule has 1 aliphatic heterocycles. The van der Waals surface area contributed by atoms with E-state index in [4.69, 9.17) is 5.14 Å². The molecule has 1 unspecified atom stereocenters. The fourth-order valence-corrected chi connectivity index (χ4v) is 5.15. The van der Waals surface area contributed by atoms with E-state index in [1.54, 1.807) is 6.92 Å². The van der Waals surface area contributed by atoms with E-state index < -0.39 is 31.9 Å². The minimum absolute atomic E-state index is 0.0709. The van der Waals surface area contributed by atoms with E-state index in [9.17, 15) is 21.2 Å². The third kappa shape index (κ3) is 2.79. The molecule has 3 rings (SSSR count). The summed E-state index contributed by atoms with van der Waals surface area (Å²) in [4.78, 5) is -0.226. The first kappa shape index (κ1) is 16.9. The van der Waals surface area contributed by atoms with Gasteiger partial charge in [0.15, 0.2) is 0 Å². The molecule has 0 bridgehead atoms. The molecule has 1 heterocycles. The summed E-state index contributed by atoms with van der Waals surface area (Å²) in [6.07, 6.45) is 0.341. The number of sulfonamides is 2. The maximum absolute atomic E-state index is 13.4. The van der Waals surface area contributed by atoms with E-state index in [1.165, 1.54) is 40.7 Å². The molecule has 128 valence electrons. The summed E-state index contributed by atoms with van der Waals surface area (Å²) < 4.78 is 63.2. The van der Waals surface area contributed by atoms with Gasteiger partial charge in [-0.2, -0.15) is 0 Å². The van der Waals surface area contributed by atoms with E-state index in [-0.39, 0.29) is 9.79 Å². The monoisotopic (exact) mass is 370 g/mol. The molecule has 0 spiro atoms. The lowest BCUT2D eigenvalue weighted by molar-refractivity contribution is 0.580. The van der Waals surface area contributed by atoms with Gasteiger partial charge in [-0.3, -0.25) is 4.31 Å². The van der Waals surface area contributed by atoms with Crippen molar-refractivity contribution in [3.8, 4) is 0 Å². The summed E-state index contributed by atoms with van der Waals surface area (Å²) in [6.45, 7) is 1.70. The largest absolute Gasteiger partial charge is 0.264 e. The van der Waals surface area contributed by atoms with Crippen LogP contribution in [-0.2, 0) is 26.5 Å². The Morgan fingerprint density at radius 3 is 2.42 bits per heavy atom. The number of hydrogen-bond donors (Lipinski definition) is 1. The molecule has 0 saturated carbocycles. The third-order valence-corrected chi connectivity index (χ3v) is 6.72. The van der Waals surface area contributed by atoms with E-state index in [2.05, 4.69) is 0 Å². The van der Waals surface area contributed by atoms with Crippen molar-refractivity contribution >= 4 is 25.7 Å². The van der Waals surface area contributed by atoms with Crippen LogP contribution >= 0.6 is 0 Å². The minimum atomic E-state index is -3.96. The standard InChI is InChI=1S/C15H15FN2O4S2/c1-10-7-11-8-13(23(17,19)20)5-6-15(11)18(10)24(21,22)14-4-2-3-12(16)9-14/h2-6,8-10H,7H2,1H3,(H2,17,19,20). The number of nitrogens with two attached hydrogens (primary N) is 1. The Bertz CT molecular complexity index is 1020. The van der Waals surface area contributed by atoms with Crippen molar-refractivity contribution in [2.75, 3.05) is 4.31 Å². The van der Waals surface area contributed by atoms with Gasteiger partial charge in [-0.25, -0.2) is 26.4 Å². The first-order valence-electron chi connectivity index (χ1n) is 7.06. The van der Waals surface area contributed by atoms with Gasteiger partial charge in [0.1, 0.15) is 5.82 Å². The van der Waals surface area contributed by atoms with Crippen LogP contribution in [0.25, 0.3) is 0 Å². The number of primary sulfonamides is 1. The molecular formula is C15H15FN2O4S2. The van der Waals surface area contributed by atoms with Crippen molar-refractivity contribution in [2.24, 2.45) is 5.14 Å². The predicted molar refractivity (Wildman–Crippen MR) is 87.0 cm³/mol. The molecule has 0 saturated heterocycles. The topological polar surface area (TPSA) is 97.5 Å². The number of nitrogens with zero attached hydrogens (tertiary/aromatic N) is 1. The predicted octanol–water partition coefficient (Wildman–Crippen LogP) is 1.61. The normalized spacial score (nSPS) is 17.8. The Morgan fingerprint density at radius 1 is 1.08 bits per heavy atom. The average Bonchev–Trinajstić information content (AvgIpc) is 2.81. The van der Waals surface area contributed by atoms with Gasteiger partial charge >= 0.3 is 0 Å². The first-order valence-corrected chi connectivity index (χ1v) is 10.0. The number of hydrogen-bond acceptors (Lipinski definition) is 4. The van der Waals surface area contributed by atoms with Crippen LogP contribution in [0.15, 0.2) is 52.3 Å². The van der Waals surface area contributed by atoms with Gasteiger partial charge in [0.05, 0.1) is 15.5 Å². The highest BCUT2D eigenvalue weighted by molar-refractivity contribution is 7.93. The number of benzene rings is 2. The lowest BCUT2D eigenvalue weighted by Gasteiger charge is -2.24. The smallest absolute Gasteiger partial charge is 0.263 e. The first-order chi connectivity index (χ1) is 11.1. The van der Waals surface area contributed by atoms with Crippen molar-refractivity contribution < 1.29 is 21.2 Å². The lowest BCUT2D eigenvalue weighted by Crippen LogP contribution is -2.35. The van der Waals surface area contributed by atoms with Gasteiger partial charge in [-0.05, 0) is 55.3 Å². The number of fused-ring (bicyclic) bond motifs is 1. The Balaban J connectivity index is 2.12. The van der Waals surface area contributed by atoms with Crippen molar-refractivity contribution in [2.45, 2.75) is 29.2 Å². The molecule has 0 amide bonds. The molecule has 1 aliphatic rings. The average molecular weight is 370 g/mol. The molecule has 6 nitrogen and oxygen atoms in total. The molecule has 2 aromatic rings. The van der Waals surface area contributed by atoms with Crippen LogP contribution in [0.5, 0.6) is 0 Å². The van der Waals surface area contributed by atoms with Crippen molar-refractivity contribution in [1.29, 1.82) is 0 Å². The molecule has 2 aromatic carbocycles. The van der Waals surface area contributed by atoms with Crippen LogP contribution in [0.3, 0.4) is 0 Å². The van der Waals surface area contributed by atoms with E-state index in [0.29, 0.717) is 17.7 Å². The van der Waals surface area contributed by atoms with Crippen LogP contribution in [0.1, 0.15) is 12.5 Å². The second-order valence-corrected chi connectivity index (χ2v) is 9.02. The molecule has 24 heavy (non-hydrogen) atoms. The minimum Gasteiger partial charge on any atom is -0.263 e. The molecule has 1 atom stereocenters. The zero-order valence-corrected chi connectivity index (χ0v) is 14.3. The van der Waals surface area contributed by atoms with Crippen LogP contribution in [-0.4, -0.2) is 22.9 Å². The maximum atomic E-state index is 13.4. The quantitative estimate of drug-likeness (QED) is 0.887.